The summed E-state index contributed by atoms with van der Waals surface area (Å²) >= 11 is 0. The molecule has 0 aromatic carbocycles. The van der Waals surface area contributed by atoms with E-state index >= 15 is 0 Å². The molecule has 4 amide bonds. The molecule has 29 heavy (non-hydrogen) atoms. The summed E-state index contributed by atoms with van der Waals surface area (Å²) in [5.41, 5.74) is -0.905. The predicted octanol–water partition coefficient (Wildman–Crippen LogP) is 2.26. The molecule has 0 radical (unpaired) electrons. The Morgan fingerprint density at radius 2 is 1.79 bits per heavy atom. The van der Waals surface area contributed by atoms with Crippen molar-refractivity contribution in [2.75, 3.05) is 6.54 Å². The van der Waals surface area contributed by atoms with Gasteiger partial charge in [0.05, 0.1) is 0 Å². The second-order valence-electron chi connectivity index (χ2n) is 8.77. The topological polar surface area (TPSA) is 105 Å². The van der Waals surface area contributed by atoms with Crippen LogP contribution in [0.3, 0.4) is 0 Å². The van der Waals surface area contributed by atoms with Gasteiger partial charge >= 0.3 is 12.0 Å². The number of amides is 4. The highest BCUT2D eigenvalue weighted by atomic mass is 16.5. The monoisotopic (exact) mass is 407 g/mol. The molecule has 8 heteroatoms. The van der Waals surface area contributed by atoms with Gasteiger partial charge in [-0.15, -0.1) is 0 Å². The van der Waals surface area contributed by atoms with E-state index in [4.69, 9.17) is 4.74 Å². The standard InChI is InChI=1S/C21H33N3O5/c1-14-9-7-8-12-21(14)19(27)24(20(28)23-21)13-17(25)29-15(2)18(26)22-16-10-5-3-4-6-11-16/h14-16H,3-13H2,1-2H3,(H,22,26)(H,23,28)/t14-,15-,21-/m0/s1. The maximum absolute atomic E-state index is 12.9. The molecule has 162 valence electrons. The summed E-state index contributed by atoms with van der Waals surface area (Å²) in [4.78, 5) is 50.9. The number of rotatable bonds is 5. The first-order valence-electron chi connectivity index (χ1n) is 11.0. The fraction of sp³-hybridized carbons (Fsp3) is 0.810. The van der Waals surface area contributed by atoms with E-state index < -0.39 is 30.2 Å². The van der Waals surface area contributed by atoms with E-state index in [0.29, 0.717) is 6.42 Å². The van der Waals surface area contributed by atoms with E-state index in [2.05, 4.69) is 10.6 Å². The van der Waals surface area contributed by atoms with Crippen LogP contribution in [-0.2, 0) is 19.1 Å². The van der Waals surface area contributed by atoms with Crippen molar-refractivity contribution in [2.24, 2.45) is 5.92 Å². The molecule has 2 aliphatic carbocycles. The molecule has 0 aromatic rings. The first-order valence-corrected chi connectivity index (χ1v) is 11.0. The van der Waals surface area contributed by atoms with Crippen molar-refractivity contribution in [3.63, 3.8) is 0 Å². The third-order valence-corrected chi connectivity index (χ3v) is 6.67. The Kier molecular flexibility index (Phi) is 6.80. The van der Waals surface area contributed by atoms with Crippen LogP contribution < -0.4 is 10.6 Å². The molecule has 1 aliphatic heterocycles. The molecule has 1 spiro atoms. The van der Waals surface area contributed by atoms with Gasteiger partial charge in [-0.05, 0) is 38.5 Å². The van der Waals surface area contributed by atoms with E-state index in [0.717, 1.165) is 49.8 Å². The summed E-state index contributed by atoms with van der Waals surface area (Å²) < 4.78 is 5.22. The minimum atomic E-state index is -0.964. The summed E-state index contributed by atoms with van der Waals surface area (Å²) in [5.74, 6) is -1.42. The minimum absolute atomic E-state index is 0.0259. The molecule has 3 rings (SSSR count). The van der Waals surface area contributed by atoms with Crippen LogP contribution in [0.2, 0.25) is 0 Å². The number of carbonyl (C=O) groups is 4. The third-order valence-electron chi connectivity index (χ3n) is 6.67. The molecule has 1 heterocycles. The number of nitrogens with one attached hydrogen (secondary N) is 2. The van der Waals surface area contributed by atoms with Gasteiger partial charge in [-0.25, -0.2) is 4.79 Å². The van der Waals surface area contributed by atoms with Crippen LogP contribution in [0.4, 0.5) is 4.79 Å². The van der Waals surface area contributed by atoms with E-state index in [-0.39, 0.29) is 23.8 Å². The molecule has 2 saturated carbocycles. The molecular formula is C21H33N3O5. The highest BCUT2D eigenvalue weighted by molar-refractivity contribution is 6.09. The number of esters is 1. The lowest BCUT2D eigenvalue weighted by molar-refractivity contribution is -0.157. The van der Waals surface area contributed by atoms with Gasteiger partial charge in [0.25, 0.3) is 11.8 Å². The van der Waals surface area contributed by atoms with Crippen LogP contribution in [-0.4, -0.2) is 52.9 Å². The predicted molar refractivity (Wildman–Crippen MR) is 106 cm³/mol. The van der Waals surface area contributed by atoms with Gasteiger partial charge < -0.3 is 15.4 Å². The van der Waals surface area contributed by atoms with Gasteiger partial charge in [-0.1, -0.05) is 45.4 Å². The number of hydrogen-bond donors (Lipinski definition) is 2. The molecule has 0 bridgehead atoms. The number of nitrogens with zero attached hydrogens (tertiary/aromatic N) is 1. The van der Waals surface area contributed by atoms with Crippen molar-refractivity contribution in [3.8, 4) is 0 Å². The van der Waals surface area contributed by atoms with Gasteiger partial charge in [-0.2, -0.15) is 0 Å². The second-order valence-corrected chi connectivity index (χ2v) is 8.77. The van der Waals surface area contributed by atoms with E-state index in [1.165, 1.54) is 19.8 Å². The quantitative estimate of drug-likeness (QED) is 0.413. The Labute approximate surface area is 172 Å². The summed E-state index contributed by atoms with van der Waals surface area (Å²) in [5, 5.41) is 5.76. The summed E-state index contributed by atoms with van der Waals surface area (Å²) in [6.07, 6.45) is 8.81. The number of ether oxygens (including phenoxy) is 1. The summed E-state index contributed by atoms with van der Waals surface area (Å²) in [6.45, 7) is 3.00. The lowest BCUT2D eigenvalue weighted by atomic mass is 9.73. The zero-order valence-electron chi connectivity index (χ0n) is 17.5. The van der Waals surface area contributed by atoms with Gasteiger partial charge in [0.1, 0.15) is 12.1 Å². The molecule has 2 N–H and O–H groups in total. The molecule has 3 aliphatic rings. The van der Waals surface area contributed by atoms with Crippen molar-refractivity contribution >= 4 is 23.8 Å². The fourth-order valence-electron chi connectivity index (χ4n) is 4.80. The van der Waals surface area contributed by atoms with E-state index in [1.54, 1.807) is 0 Å². The van der Waals surface area contributed by atoms with Crippen LogP contribution in [0.1, 0.15) is 78.1 Å². The number of carbonyl (C=O) groups excluding carboxylic acids is 4. The Balaban J connectivity index is 1.52. The average Bonchev–Trinajstić information content (AvgIpc) is 2.86. The lowest BCUT2D eigenvalue weighted by Crippen LogP contribution is -2.54. The van der Waals surface area contributed by atoms with E-state index in [9.17, 15) is 19.2 Å². The van der Waals surface area contributed by atoms with E-state index in [1.807, 2.05) is 6.92 Å². The van der Waals surface area contributed by atoms with Crippen molar-refractivity contribution < 1.29 is 23.9 Å². The molecule has 1 saturated heterocycles. The Morgan fingerprint density at radius 3 is 2.45 bits per heavy atom. The first-order chi connectivity index (χ1) is 13.8. The largest absolute Gasteiger partial charge is 0.451 e. The molecule has 0 unspecified atom stereocenters. The van der Waals surface area contributed by atoms with Gasteiger partial charge in [-0.3, -0.25) is 19.3 Å². The van der Waals surface area contributed by atoms with Crippen LogP contribution in [0.25, 0.3) is 0 Å². The maximum atomic E-state index is 12.9. The SMILES string of the molecule is C[C@H](OC(=O)CN1C(=O)N[C@]2(CCCC[C@@H]2C)C1=O)C(=O)NC1CCCCCC1. The number of imide groups is 1. The second kappa shape index (κ2) is 9.13. The number of hydrogen-bond acceptors (Lipinski definition) is 5. The Hall–Kier alpha value is -2.12. The molecule has 3 fully saturated rings. The van der Waals surface area contributed by atoms with Crippen molar-refractivity contribution in [1.82, 2.24) is 15.5 Å². The smallest absolute Gasteiger partial charge is 0.327 e. The highest BCUT2D eigenvalue weighted by Gasteiger charge is 2.55. The van der Waals surface area contributed by atoms with Crippen molar-refractivity contribution in [2.45, 2.75) is 95.7 Å². The normalized spacial score (nSPS) is 29.3. The van der Waals surface area contributed by atoms with Crippen molar-refractivity contribution in [3.05, 3.63) is 0 Å². The zero-order valence-corrected chi connectivity index (χ0v) is 17.5. The maximum Gasteiger partial charge on any atom is 0.327 e. The summed E-state index contributed by atoms with van der Waals surface area (Å²) in [6, 6.07) is -0.444. The lowest BCUT2D eigenvalue weighted by Gasteiger charge is -2.36. The third kappa shape index (κ3) is 4.73. The van der Waals surface area contributed by atoms with Gasteiger partial charge in [0.2, 0.25) is 0 Å². The van der Waals surface area contributed by atoms with Gasteiger partial charge in [0.15, 0.2) is 6.10 Å². The minimum Gasteiger partial charge on any atom is -0.451 e. The van der Waals surface area contributed by atoms with Gasteiger partial charge in [0, 0.05) is 6.04 Å². The van der Waals surface area contributed by atoms with Crippen LogP contribution >= 0.6 is 0 Å². The van der Waals surface area contributed by atoms with Crippen LogP contribution in [0.5, 0.6) is 0 Å². The molecule has 3 atom stereocenters. The molecule has 8 nitrogen and oxygen atoms in total. The average molecular weight is 408 g/mol. The molecular weight excluding hydrogens is 374 g/mol. The first kappa shape index (κ1) is 21.6. The highest BCUT2D eigenvalue weighted by Crippen LogP contribution is 2.38. The van der Waals surface area contributed by atoms with Crippen LogP contribution in [0.15, 0.2) is 0 Å². The Morgan fingerprint density at radius 1 is 1.14 bits per heavy atom. The zero-order chi connectivity index (χ0) is 21.0. The van der Waals surface area contributed by atoms with Crippen LogP contribution in [0, 0.1) is 5.92 Å². The molecule has 0 aromatic heterocycles. The fourth-order valence-corrected chi connectivity index (χ4v) is 4.80. The number of urea groups is 1. The summed E-state index contributed by atoms with van der Waals surface area (Å²) in [7, 11) is 0. The van der Waals surface area contributed by atoms with Crippen molar-refractivity contribution in [1.29, 1.82) is 0 Å². The Bertz CT molecular complexity index is 659.